The second-order valence-corrected chi connectivity index (χ2v) is 7.64. The highest BCUT2D eigenvalue weighted by Crippen LogP contribution is 2.29. The van der Waals surface area contributed by atoms with Gasteiger partial charge in [-0.1, -0.05) is 0 Å². The van der Waals surface area contributed by atoms with Crippen LogP contribution in [0.2, 0.25) is 0 Å². The Hall–Kier alpha value is -2.34. The summed E-state index contributed by atoms with van der Waals surface area (Å²) in [5.74, 6) is 0.901. The predicted octanol–water partition coefficient (Wildman–Crippen LogP) is 0.376. The van der Waals surface area contributed by atoms with Crippen molar-refractivity contribution in [2.75, 3.05) is 27.8 Å². The van der Waals surface area contributed by atoms with Gasteiger partial charge in [0.05, 0.1) is 6.20 Å². The molecular formula is C19H31N7O4. The van der Waals surface area contributed by atoms with Crippen LogP contribution in [-0.4, -0.2) is 78.4 Å². The third kappa shape index (κ3) is 4.53. The number of anilines is 3. The zero-order valence-electron chi connectivity index (χ0n) is 17.8. The highest BCUT2D eigenvalue weighted by atomic mass is 16.3. The van der Waals surface area contributed by atoms with E-state index in [2.05, 4.69) is 24.8 Å². The summed E-state index contributed by atoms with van der Waals surface area (Å²) in [5, 5.41) is 40.3. The van der Waals surface area contributed by atoms with E-state index < -0.39 is 24.9 Å². The Morgan fingerprint density at radius 1 is 0.767 bits per heavy atom. The van der Waals surface area contributed by atoms with E-state index >= 15 is 0 Å². The van der Waals surface area contributed by atoms with Crippen molar-refractivity contribution >= 4 is 28.7 Å². The number of piperidine rings is 1. The lowest BCUT2D eigenvalue weighted by Crippen LogP contribution is -2.42. The molecule has 1 saturated heterocycles. The molecule has 1 aliphatic heterocycles. The van der Waals surface area contributed by atoms with Gasteiger partial charge in [-0.3, -0.25) is 9.80 Å². The lowest BCUT2D eigenvalue weighted by Gasteiger charge is -2.32. The van der Waals surface area contributed by atoms with Crippen molar-refractivity contribution in [3.05, 3.63) is 6.20 Å². The molecule has 2 aromatic rings. The summed E-state index contributed by atoms with van der Waals surface area (Å²) in [7, 11) is 0. The number of hydrogen-bond donors (Lipinski definition) is 4. The van der Waals surface area contributed by atoms with Crippen molar-refractivity contribution in [2.24, 2.45) is 0 Å². The van der Waals surface area contributed by atoms with Crippen LogP contribution in [0.3, 0.4) is 0 Å². The third-order valence-corrected chi connectivity index (χ3v) is 5.12. The topological polar surface area (TPSA) is 142 Å². The molecule has 11 nitrogen and oxygen atoms in total. The summed E-state index contributed by atoms with van der Waals surface area (Å²) in [6, 6.07) is 0. The van der Waals surface area contributed by atoms with Gasteiger partial charge in [0, 0.05) is 13.1 Å². The Kier molecular flexibility index (Phi) is 6.86. The van der Waals surface area contributed by atoms with E-state index in [1.807, 2.05) is 0 Å². The van der Waals surface area contributed by atoms with E-state index in [0.717, 1.165) is 32.4 Å². The Balaban J connectivity index is 2.19. The van der Waals surface area contributed by atoms with Gasteiger partial charge in [-0.25, -0.2) is 15.0 Å². The first-order valence-corrected chi connectivity index (χ1v) is 10.3. The van der Waals surface area contributed by atoms with Gasteiger partial charge in [-0.2, -0.15) is 4.98 Å². The SMILES string of the molecule is CC(O)N(c1nc(N2CCCCC2)c2nc(N(C(C)O)C(C)O)ncc2n1)C(C)O. The maximum atomic E-state index is 10.1. The smallest absolute Gasteiger partial charge is 0.232 e. The molecule has 11 heteroatoms. The molecule has 1 aliphatic rings. The number of aromatic nitrogens is 4. The lowest BCUT2D eigenvalue weighted by molar-refractivity contribution is 0.102. The van der Waals surface area contributed by atoms with E-state index in [-0.39, 0.29) is 11.9 Å². The fourth-order valence-corrected chi connectivity index (χ4v) is 3.75. The lowest BCUT2D eigenvalue weighted by atomic mass is 10.1. The molecule has 0 aromatic carbocycles. The minimum atomic E-state index is -1.00. The summed E-state index contributed by atoms with van der Waals surface area (Å²) in [5.41, 5.74) is 0.917. The second-order valence-electron chi connectivity index (χ2n) is 7.64. The van der Waals surface area contributed by atoms with Crippen molar-refractivity contribution < 1.29 is 20.4 Å². The second kappa shape index (κ2) is 9.21. The average molecular weight is 422 g/mol. The molecule has 0 aliphatic carbocycles. The molecule has 1 fully saturated rings. The van der Waals surface area contributed by atoms with Crippen molar-refractivity contribution in [2.45, 2.75) is 71.9 Å². The quantitative estimate of drug-likeness (QED) is 0.461. The van der Waals surface area contributed by atoms with Crippen molar-refractivity contribution in [3.63, 3.8) is 0 Å². The largest absolute Gasteiger partial charge is 0.374 e. The van der Waals surface area contributed by atoms with Crippen LogP contribution in [0, 0.1) is 0 Å². The Morgan fingerprint density at radius 3 is 1.83 bits per heavy atom. The monoisotopic (exact) mass is 421 g/mol. The predicted molar refractivity (Wildman–Crippen MR) is 113 cm³/mol. The van der Waals surface area contributed by atoms with Gasteiger partial charge in [-0.15, -0.1) is 0 Å². The number of hydrogen-bond acceptors (Lipinski definition) is 11. The third-order valence-electron chi connectivity index (χ3n) is 5.12. The van der Waals surface area contributed by atoms with E-state index in [4.69, 9.17) is 0 Å². The first-order chi connectivity index (χ1) is 14.2. The summed E-state index contributed by atoms with van der Waals surface area (Å²) in [6.45, 7) is 7.70. The Morgan fingerprint density at radius 2 is 1.30 bits per heavy atom. The van der Waals surface area contributed by atoms with Crippen LogP contribution in [-0.2, 0) is 0 Å². The molecular weight excluding hydrogens is 390 g/mol. The molecule has 0 saturated carbocycles. The van der Waals surface area contributed by atoms with Gasteiger partial charge in [0.1, 0.15) is 35.9 Å². The van der Waals surface area contributed by atoms with Crippen LogP contribution in [0.5, 0.6) is 0 Å². The number of fused-ring (bicyclic) bond motifs is 1. The first-order valence-electron chi connectivity index (χ1n) is 10.3. The van der Waals surface area contributed by atoms with Crippen LogP contribution in [0.25, 0.3) is 11.0 Å². The highest BCUT2D eigenvalue weighted by Gasteiger charge is 2.26. The van der Waals surface area contributed by atoms with E-state index in [0.29, 0.717) is 16.9 Å². The standard InChI is InChI=1S/C19H31N7O4/c1-11(27)25(12(2)28)18-20-10-15-16(22-18)17(24-8-6-5-7-9-24)23-19(21-15)26(13(3)29)14(4)30/h10-14,27-30H,5-9H2,1-4H3. The minimum absolute atomic E-state index is 0.157. The Labute approximate surface area is 175 Å². The first kappa shape index (κ1) is 22.3. The normalized spacial score (nSPS) is 18.7. The van der Waals surface area contributed by atoms with Gasteiger partial charge in [0.25, 0.3) is 0 Å². The van der Waals surface area contributed by atoms with Gasteiger partial charge in [0.15, 0.2) is 5.82 Å². The molecule has 166 valence electrons. The van der Waals surface area contributed by atoms with E-state index in [1.165, 1.54) is 43.7 Å². The molecule has 0 amide bonds. The number of nitrogens with zero attached hydrogens (tertiary/aromatic N) is 7. The maximum Gasteiger partial charge on any atom is 0.232 e. The molecule has 4 atom stereocenters. The van der Waals surface area contributed by atoms with Crippen molar-refractivity contribution in [1.29, 1.82) is 0 Å². The fourth-order valence-electron chi connectivity index (χ4n) is 3.75. The highest BCUT2D eigenvalue weighted by molar-refractivity contribution is 5.87. The van der Waals surface area contributed by atoms with Crippen LogP contribution in [0.15, 0.2) is 6.20 Å². The van der Waals surface area contributed by atoms with Crippen LogP contribution < -0.4 is 14.7 Å². The van der Waals surface area contributed by atoms with Gasteiger partial charge in [0.2, 0.25) is 11.9 Å². The van der Waals surface area contributed by atoms with Gasteiger partial charge < -0.3 is 25.3 Å². The van der Waals surface area contributed by atoms with Gasteiger partial charge in [-0.05, 0) is 47.0 Å². The fraction of sp³-hybridized carbons (Fsp3) is 0.684. The molecule has 3 heterocycles. The van der Waals surface area contributed by atoms with E-state index in [1.54, 1.807) is 0 Å². The Bertz CT molecular complexity index is 840. The minimum Gasteiger partial charge on any atom is -0.374 e. The zero-order chi connectivity index (χ0) is 22.0. The molecule has 4 unspecified atom stereocenters. The molecule has 3 rings (SSSR count). The van der Waals surface area contributed by atoms with Gasteiger partial charge >= 0.3 is 0 Å². The van der Waals surface area contributed by atoms with Crippen LogP contribution >= 0.6 is 0 Å². The molecule has 0 spiro atoms. The van der Waals surface area contributed by atoms with Crippen LogP contribution in [0.4, 0.5) is 17.7 Å². The summed E-state index contributed by atoms with van der Waals surface area (Å²) >= 11 is 0. The van der Waals surface area contributed by atoms with E-state index in [9.17, 15) is 20.4 Å². The summed E-state index contributed by atoms with van der Waals surface area (Å²) in [6.07, 6.45) is 0.666. The molecule has 30 heavy (non-hydrogen) atoms. The van der Waals surface area contributed by atoms with Crippen molar-refractivity contribution in [1.82, 2.24) is 19.9 Å². The molecule has 4 N–H and O–H groups in total. The number of aliphatic hydroxyl groups excluding tert-OH is 4. The number of rotatable bonds is 7. The van der Waals surface area contributed by atoms with Crippen molar-refractivity contribution in [3.8, 4) is 0 Å². The number of aliphatic hydroxyl groups is 4. The average Bonchev–Trinajstić information content (AvgIpc) is 2.67. The molecule has 0 bridgehead atoms. The maximum absolute atomic E-state index is 10.1. The zero-order valence-corrected chi connectivity index (χ0v) is 17.8. The molecule has 0 radical (unpaired) electrons. The van der Waals surface area contributed by atoms with Crippen LogP contribution in [0.1, 0.15) is 47.0 Å². The summed E-state index contributed by atoms with van der Waals surface area (Å²) in [4.78, 5) is 22.6. The summed E-state index contributed by atoms with van der Waals surface area (Å²) < 4.78 is 0. The molecule has 2 aromatic heterocycles.